The van der Waals surface area contributed by atoms with E-state index in [0.29, 0.717) is 5.25 Å². The van der Waals surface area contributed by atoms with Gasteiger partial charge in [0, 0.05) is 12.4 Å². The molecule has 1 saturated heterocycles. The van der Waals surface area contributed by atoms with Crippen molar-refractivity contribution in [2.75, 3.05) is 5.75 Å². The maximum absolute atomic E-state index is 4.86. The molecule has 0 saturated carbocycles. The molecule has 3 aromatic rings. The van der Waals surface area contributed by atoms with Crippen LogP contribution in [0.1, 0.15) is 30.3 Å². The first-order valence-corrected chi connectivity index (χ1v) is 8.34. The first-order valence-electron chi connectivity index (χ1n) is 7.29. The topological polar surface area (TPSA) is 43.6 Å². The largest absolute Gasteiger partial charge is 0.278 e. The third-order valence-electron chi connectivity index (χ3n) is 3.81. The number of aromatic nitrogens is 4. The number of hydrogen-bond acceptors (Lipinski definition) is 4. The molecule has 1 unspecified atom stereocenters. The fourth-order valence-electron chi connectivity index (χ4n) is 2.83. The molecule has 106 valence electrons. The summed E-state index contributed by atoms with van der Waals surface area (Å²) in [5, 5.41) is 0.452. The average Bonchev–Trinajstić information content (AvgIpc) is 2.96. The first kappa shape index (κ1) is 12.8. The van der Waals surface area contributed by atoms with Gasteiger partial charge < -0.3 is 0 Å². The highest BCUT2D eigenvalue weighted by molar-refractivity contribution is 7.99. The van der Waals surface area contributed by atoms with Crippen molar-refractivity contribution in [2.45, 2.75) is 24.5 Å². The Kier molecular flexibility index (Phi) is 3.35. The SMILES string of the molecule is c1cncc(-n2c(C3CCCCS3)nc3cccnc32)c1. The molecule has 3 aromatic heterocycles. The molecular formula is C16H16N4S. The van der Waals surface area contributed by atoms with Gasteiger partial charge in [0.05, 0.1) is 17.1 Å². The number of nitrogens with zero attached hydrogens (tertiary/aromatic N) is 4. The van der Waals surface area contributed by atoms with E-state index in [4.69, 9.17) is 4.98 Å². The molecule has 0 bridgehead atoms. The number of pyridine rings is 2. The Morgan fingerprint density at radius 2 is 2.10 bits per heavy atom. The van der Waals surface area contributed by atoms with Crippen LogP contribution in [0, 0.1) is 0 Å². The molecule has 1 atom stereocenters. The third-order valence-corrected chi connectivity index (χ3v) is 5.19. The number of fused-ring (bicyclic) bond motifs is 1. The Morgan fingerprint density at radius 3 is 2.90 bits per heavy atom. The van der Waals surface area contributed by atoms with Gasteiger partial charge in [-0.3, -0.25) is 9.55 Å². The molecule has 1 aliphatic heterocycles. The normalized spacial score (nSPS) is 19.0. The Bertz CT molecular complexity index is 747. The minimum absolute atomic E-state index is 0.452. The van der Waals surface area contributed by atoms with Crippen LogP contribution in [-0.2, 0) is 0 Å². The fraction of sp³-hybridized carbons (Fsp3) is 0.312. The molecule has 1 fully saturated rings. The maximum atomic E-state index is 4.86. The van der Waals surface area contributed by atoms with Crippen molar-refractivity contribution in [3.8, 4) is 5.69 Å². The number of imidazole rings is 1. The Balaban J connectivity index is 1.92. The van der Waals surface area contributed by atoms with Crippen LogP contribution in [0.15, 0.2) is 42.9 Å². The molecule has 0 aliphatic carbocycles. The van der Waals surface area contributed by atoms with E-state index in [9.17, 15) is 0 Å². The second kappa shape index (κ2) is 5.48. The number of hydrogen-bond donors (Lipinski definition) is 0. The summed E-state index contributed by atoms with van der Waals surface area (Å²) in [5.41, 5.74) is 2.93. The minimum Gasteiger partial charge on any atom is -0.278 e. The second-order valence-corrected chi connectivity index (χ2v) is 6.53. The lowest BCUT2D eigenvalue weighted by atomic mass is 10.2. The average molecular weight is 296 g/mol. The van der Waals surface area contributed by atoms with Crippen molar-refractivity contribution in [1.29, 1.82) is 0 Å². The lowest BCUT2D eigenvalue weighted by Crippen LogP contribution is -2.09. The Morgan fingerprint density at radius 1 is 1.14 bits per heavy atom. The molecule has 4 rings (SSSR count). The van der Waals surface area contributed by atoms with Crippen molar-refractivity contribution in [3.05, 3.63) is 48.7 Å². The number of rotatable bonds is 2. The number of thioether (sulfide) groups is 1. The van der Waals surface area contributed by atoms with Crippen molar-refractivity contribution < 1.29 is 0 Å². The molecule has 4 heterocycles. The van der Waals surface area contributed by atoms with Gasteiger partial charge in [-0.1, -0.05) is 6.42 Å². The van der Waals surface area contributed by atoms with Crippen molar-refractivity contribution in [3.63, 3.8) is 0 Å². The van der Waals surface area contributed by atoms with E-state index in [1.165, 1.54) is 25.0 Å². The molecule has 1 aliphatic rings. The zero-order valence-corrected chi connectivity index (χ0v) is 12.5. The van der Waals surface area contributed by atoms with Crippen LogP contribution >= 0.6 is 11.8 Å². The zero-order valence-electron chi connectivity index (χ0n) is 11.6. The van der Waals surface area contributed by atoms with Crippen LogP contribution in [0.4, 0.5) is 0 Å². The highest BCUT2D eigenvalue weighted by Gasteiger charge is 2.24. The van der Waals surface area contributed by atoms with Gasteiger partial charge in [0.25, 0.3) is 0 Å². The van der Waals surface area contributed by atoms with Gasteiger partial charge in [-0.05, 0) is 42.9 Å². The van der Waals surface area contributed by atoms with Crippen LogP contribution in [0.3, 0.4) is 0 Å². The van der Waals surface area contributed by atoms with E-state index in [-0.39, 0.29) is 0 Å². The summed E-state index contributed by atoms with van der Waals surface area (Å²) in [4.78, 5) is 13.7. The van der Waals surface area contributed by atoms with Gasteiger partial charge in [0.1, 0.15) is 11.3 Å². The molecule has 0 amide bonds. The summed E-state index contributed by atoms with van der Waals surface area (Å²) in [6.07, 6.45) is 9.29. The molecule has 0 radical (unpaired) electrons. The highest BCUT2D eigenvalue weighted by Crippen LogP contribution is 2.39. The van der Waals surface area contributed by atoms with Gasteiger partial charge in [0.2, 0.25) is 0 Å². The first-order chi connectivity index (χ1) is 10.4. The summed E-state index contributed by atoms with van der Waals surface area (Å²) < 4.78 is 2.17. The summed E-state index contributed by atoms with van der Waals surface area (Å²) in [7, 11) is 0. The van der Waals surface area contributed by atoms with Gasteiger partial charge in [-0.2, -0.15) is 11.8 Å². The van der Waals surface area contributed by atoms with Crippen molar-refractivity contribution in [1.82, 2.24) is 19.5 Å². The lowest BCUT2D eigenvalue weighted by molar-refractivity contribution is 0.657. The van der Waals surface area contributed by atoms with E-state index in [1.807, 2.05) is 42.4 Å². The van der Waals surface area contributed by atoms with E-state index < -0.39 is 0 Å². The molecule has 5 heteroatoms. The predicted octanol–water partition coefficient (Wildman–Crippen LogP) is 3.77. The predicted molar refractivity (Wildman–Crippen MR) is 85.7 cm³/mol. The minimum atomic E-state index is 0.452. The van der Waals surface area contributed by atoms with Gasteiger partial charge in [-0.15, -0.1) is 0 Å². The van der Waals surface area contributed by atoms with Crippen LogP contribution in [0.25, 0.3) is 16.9 Å². The third kappa shape index (κ3) is 2.31. The van der Waals surface area contributed by atoms with E-state index in [0.717, 1.165) is 22.7 Å². The molecular weight excluding hydrogens is 280 g/mol. The Labute approximate surface area is 127 Å². The molecule has 0 aromatic carbocycles. The van der Waals surface area contributed by atoms with E-state index in [1.54, 1.807) is 6.20 Å². The van der Waals surface area contributed by atoms with Crippen LogP contribution in [0.2, 0.25) is 0 Å². The highest BCUT2D eigenvalue weighted by atomic mass is 32.2. The van der Waals surface area contributed by atoms with Crippen molar-refractivity contribution >= 4 is 22.9 Å². The molecule has 4 nitrogen and oxygen atoms in total. The second-order valence-electron chi connectivity index (χ2n) is 5.22. The van der Waals surface area contributed by atoms with Crippen LogP contribution < -0.4 is 0 Å². The quantitative estimate of drug-likeness (QED) is 0.722. The Hall–Kier alpha value is -1.88. The lowest BCUT2D eigenvalue weighted by Gasteiger charge is -2.21. The summed E-state index contributed by atoms with van der Waals surface area (Å²) in [6.45, 7) is 0. The van der Waals surface area contributed by atoms with Gasteiger partial charge in [0.15, 0.2) is 5.65 Å². The molecule has 21 heavy (non-hydrogen) atoms. The molecule has 0 spiro atoms. The smallest absolute Gasteiger partial charge is 0.164 e. The fourth-order valence-corrected chi connectivity index (χ4v) is 4.13. The standard InChI is InChI=1S/C16H16N4S/c1-2-10-21-14(7-1)16-19-13-6-4-9-18-15(13)20(16)12-5-3-8-17-11-12/h3-6,8-9,11,14H,1-2,7,10H2. The monoisotopic (exact) mass is 296 g/mol. The summed E-state index contributed by atoms with van der Waals surface area (Å²) in [5.74, 6) is 2.33. The van der Waals surface area contributed by atoms with E-state index >= 15 is 0 Å². The molecule has 0 N–H and O–H groups in total. The van der Waals surface area contributed by atoms with Crippen LogP contribution in [0.5, 0.6) is 0 Å². The van der Waals surface area contributed by atoms with Gasteiger partial charge >= 0.3 is 0 Å². The summed E-state index contributed by atoms with van der Waals surface area (Å²) >= 11 is 2.01. The van der Waals surface area contributed by atoms with E-state index in [2.05, 4.69) is 20.6 Å². The van der Waals surface area contributed by atoms with Gasteiger partial charge in [-0.25, -0.2) is 9.97 Å². The maximum Gasteiger partial charge on any atom is 0.164 e. The zero-order chi connectivity index (χ0) is 14.1. The van der Waals surface area contributed by atoms with Crippen LogP contribution in [-0.4, -0.2) is 25.3 Å². The van der Waals surface area contributed by atoms with Crippen molar-refractivity contribution in [2.24, 2.45) is 0 Å². The summed E-state index contributed by atoms with van der Waals surface area (Å²) in [6, 6.07) is 8.01.